The molecule has 0 atom stereocenters. The molecule has 0 saturated carbocycles. The molecule has 7 heteroatoms. The number of fused-ring (bicyclic) bond motifs is 1. The molecule has 1 amide bonds. The molecule has 0 aliphatic rings. The van der Waals surface area contributed by atoms with Crippen molar-refractivity contribution in [1.29, 1.82) is 0 Å². The van der Waals surface area contributed by atoms with Gasteiger partial charge in [0.2, 0.25) is 0 Å². The summed E-state index contributed by atoms with van der Waals surface area (Å²) in [6.45, 7) is 2.40. The maximum absolute atomic E-state index is 13.4. The van der Waals surface area contributed by atoms with Crippen LogP contribution in [0.5, 0.6) is 0 Å². The third-order valence-corrected chi connectivity index (χ3v) is 6.12. The monoisotopic (exact) mass is 441 g/mol. The van der Waals surface area contributed by atoms with Gasteiger partial charge in [-0.3, -0.25) is 14.7 Å². The highest BCUT2D eigenvalue weighted by Gasteiger charge is 2.24. The van der Waals surface area contributed by atoms with Gasteiger partial charge in [0.1, 0.15) is 0 Å². The van der Waals surface area contributed by atoms with Crippen LogP contribution in [-0.4, -0.2) is 15.9 Å². The Hall–Kier alpha value is -2.47. The van der Waals surface area contributed by atoms with E-state index >= 15 is 0 Å². The molecule has 29 heavy (non-hydrogen) atoms. The van der Waals surface area contributed by atoms with E-state index in [0.717, 1.165) is 22.3 Å². The Balaban J connectivity index is 1.78. The third kappa shape index (κ3) is 4.27. The number of thiazole rings is 1. The molecule has 0 saturated heterocycles. The van der Waals surface area contributed by atoms with Gasteiger partial charge in [0, 0.05) is 11.2 Å². The Bertz CT molecular complexity index is 1180. The predicted molar refractivity (Wildman–Crippen MR) is 120 cm³/mol. The zero-order valence-corrected chi connectivity index (χ0v) is 17.9. The molecule has 0 radical (unpaired) electrons. The summed E-state index contributed by atoms with van der Waals surface area (Å²) in [6, 6.07) is 16.7. The van der Waals surface area contributed by atoms with Crippen molar-refractivity contribution in [3.63, 3.8) is 0 Å². The van der Waals surface area contributed by atoms with E-state index in [1.165, 1.54) is 16.9 Å². The van der Waals surface area contributed by atoms with E-state index in [2.05, 4.69) is 24.0 Å². The summed E-state index contributed by atoms with van der Waals surface area (Å²) in [7, 11) is 0. The number of anilines is 1. The minimum absolute atomic E-state index is 0.243. The van der Waals surface area contributed by atoms with Crippen LogP contribution in [0, 0.1) is 0 Å². The highest BCUT2D eigenvalue weighted by atomic mass is 35.5. The molecule has 0 spiro atoms. The SMILES string of the molecule is CCc1ccc2nc(N(Cc3ccccn3)C(=O)c3ccc(Cl)cc3Cl)sc2c1. The summed E-state index contributed by atoms with van der Waals surface area (Å²) in [5, 5.41) is 1.40. The van der Waals surface area contributed by atoms with Crippen molar-refractivity contribution in [3.8, 4) is 0 Å². The van der Waals surface area contributed by atoms with E-state index < -0.39 is 0 Å². The van der Waals surface area contributed by atoms with Crippen molar-refractivity contribution in [3.05, 3.63) is 87.7 Å². The number of pyridine rings is 1. The zero-order valence-electron chi connectivity index (χ0n) is 15.6. The summed E-state index contributed by atoms with van der Waals surface area (Å²) in [4.78, 5) is 24.1. The van der Waals surface area contributed by atoms with Crippen molar-refractivity contribution in [1.82, 2.24) is 9.97 Å². The van der Waals surface area contributed by atoms with Gasteiger partial charge in [-0.25, -0.2) is 4.98 Å². The standard InChI is InChI=1S/C22H17Cl2N3OS/c1-2-14-6-9-19-20(11-14)29-22(26-19)27(13-16-5-3-4-10-25-16)21(28)17-8-7-15(23)12-18(17)24/h3-12H,2,13H2,1H3. The number of nitrogens with zero attached hydrogens (tertiary/aromatic N) is 3. The smallest absolute Gasteiger partial charge is 0.261 e. The van der Waals surface area contributed by atoms with E-state index in [1.807, 2.05) is 24.3 Å². The largest absolute Gasteiger partial charge is 0.278 e. The van der Waals surface area contributed by atoms with Crippen molar-refractivity contribution in [2.75, 3.05) is 4.90 Å². The summed E-state index contributed by atoms with van der Waals surface area (Å²) in [5.74, 6) is -0.243. The van der Waals surface area contributed by atoms with Gasteiger partial charge in [-0.2, -0.15) is 0 Å². The molecule has 0 fully saturated rings. The fourth-order valence-electron chi connectivity index (χ4n) is 2.98. The van der Waals surface area contributed by atoms with Crippen molar-refractivity contribution in [2.45, 2.75) is 19.9 Å². The van der Waals surface area contributed by atoms with E-state index in [1.54, 1.807) is 29.3 Å². The van der Waals surface area contributed by atoms with Crippen molar-refractivity contribution in [2.24, 2.45) is 0 Å². The molecule has 4 nitrogen and oxygen atoms in total. The van der Waals surface area contributed by atoms with E-state index in [-0.39, 0.29) is 5.91 Å². The Kier molecular flexibility index (Phi) is 5.81. The Morgan fingerprint density at radius 1 is 1.10 bits per heavy atom. The van der Waals surface area contributed by atoms with Crippen LogP contribution in [0.25, 0.3) is 10.2 Å². The van der Waals surface area contributed by atoms with Crippen LogP contribution < -0.4 is 4.90 Å². The van der Waals surface area contributed by atoms with Gasteiger partial charge in [-0.15, -0.1) is 0 Å². The molecular weight excluding hydrogens is 425 g/mol. The number of rotatable bonds is 5. The Morgan fingerprint density at radius 3 is 2.69 bits per heavy atom. The maximum atomic E-state index is 13.4. The molecule has 2 heterocycles. The van der Waals surface area contributed by atoms with Gasteiger partial charge < -0.3 is 0 Å². The lowest BCUT2D eigenvalue weighted by Crippen LogP contribution is -2.31. The number of aromatic nitrogens is 2. The lowest BCUT2D eigenvalue weighted by Gasteiger charge is -2.20. The second-order valence-corrected chi connectivity index (χ2v) is 8.34. The second kappa shape index (κ2) is 8.49. The highest BCUT2D eigenvalue weighted by molar-refractivity contribution is 7.22. The minimum atomic E-state index is -0.243. The molecular formula is C22H17Cl2N3OS. The fourth-order valence-corrected chi connectivity index (χ4v) is 4.50. The van der Waals surface area contributed by atoms with Crippen molar-refractivity contribution >= 4 is 55.8 Å². The number of carbonyl (C=O) groups excluding carboxylic acids is 1. The van der Waals surface area contributed by atoms with E-state index in [9.17, 15) is 4.79 Å². The average molecular weight is 442 g/mol. The molecule has 0 unspecified atom stereocenters. The molecule has 0 bridgehead atoms. The summed E-state index contributed by atoms with van der Waals surface area (Å²) in [6.07, 6.45) is 2.65. The first-order valence-corrected chi connectivity index (χ1v) is 10.7. The van der Waals surface area contributed by atoms with Crippen LogP contribution in [0.2, 0.25) is 10.0 Å². The first-order valence-electron chi connectivity index (χ1n) is 9.11. The number of hydrogen-bond donors (Lipinski definition) is 0. The third-order valence-electron chi connectivity index (χ3n) is 4.53. The second-order valence-electron chi connectivity index (χ2n) is 6.49. The average Bonchev–Trinajstić information content (AvgIpc) is 3.15. The lowest BCUT2D eigenvalue weighted by atomic mass is 10.2. The van der Waals surface area contributed by atoms with E-state index in [4.69, 9.17) is 28.2 Å². The van der Waals surface area contributed by atoms with Crippen LogP contribution in [0.1, 0.15) is 28.5 Å². The molecule has 0 aliphatic heterocycles. The quantitative estimate of drug-likeness (QED) is 0.359. The Labute approximate surface area is 182 Å². The van der Waals surface area contributed by atoms with Gasteiger partial charge in [0.05, 0.1) is 33.0 Å². The summed E-state index contributed by atoms with van der Waals surface area (Å²) in [5.41, 5.74) is 3.24. The maximum Gasteiger partial charge on any atom is 0.261 e. The van der Waals surface area contributed by atoms with Gasteiger partial charge in [-0.1, -0.05) is 53.6 Å². The number of amides is 1. The number of hydrogen-bond acceptors (Lipinski definition) is 4. The fraction of sp³-hybridized carbons (Fsp3) is 0.136. The normalized spacial score (nSPS) is 11.0. The van der Waals surface area contributed by atoms with Crippen LogP contribution in [0.3, 0.4) is 0 Å². The van der Waals surface area contributed by atoms with Crippen LogP contribution >= 0.6 is 34.5 Å². The number of benzene rings is 2. The predicted octanol–water partition coefficient (Wildman–Crippen LogP) is 6.41. The zero-order chi connectivity index (χ0) is 20.4. The topological polar surface area (TPSA) is 46.1 Å². The van der Waals surface area contributed by atoms with Gasteiger partial charge in [0.15, 0.2) is 5.13 Å². The summed E-state index contributed by atoms with van der Waals surface area (Å²) < 4.78 is 1.04. The number of aryl methyl sites for hydroxylation is 1. The molecule has 146 valence electrons. The number of halogens is 2. The van der Waals surface area contributed by atoms with Gasteiger partial charge >= 0.3 is 0 Å². The van der Waals surface area contributed by atoms with Gasteiger partial charge in [0.25, 0.3) is 5.91 Å². The molecule has 0 aliphatic carbocycles. The van der Waals surface area contributed by atoms with Gasteiger partial charge in [-0.05, 0) is 54.4 Å². The Morgan fingerprint density at radius 2 is 1.97 bits per heavy atom. The molecule has 0 N–H and O–H groups in total. The van der Waals surface area contributed by atoms with Crippen molar-refractivity contribution < 1.29 is 4.79 Å². The summed E-state index contributed by atoms with van der Waals surface area (Å²) >= 11 is 13.8. The molecule has 2 aromatic carbocycles. The molecule has 2 aromatic heterocycles. The lowest BCUT2D eigenvalue weighted by molar-refractivity contribution is 0.0985. The van der Waals surface area contributed by atoms with E-state index in [0.29, 0.717) is 27.3 Å². The minimum Gasteiger partial charge on any atom is -0.278 e. The molecule has 4 aromatic rings. The van der Waals surface area contributed by atoms with Crippen LogP contribution in [-0.2, 0) is 13.0 Å². The first-order chi connectivity index (χ1) is 14.0. The number of carbonyl (C=O) groups is 1. The first kappa shape index (κ1) is 19.8. The van der Waals surface area contributed by atoms with Crippen LogP contribution in [0.4, 0.5) is 5.13 Å². The highest BCUT2D eigenvalue weighted by Crippen LogP contribution is 2.32. The van der Waals surface area contributed by atoms with Crippen LogP contribution in [0.15, 0.2) is 60.8 Å². The molecule has 4 rings (SSSR count).